The van der Waals surface area contributed by atoms with Crippen LogP contribution in [0.2, 0.25) is 0 Å². The fourth-order valence-electron chi connectivity index (χ4n) is 0.514. The van der Waals surface area contributed by atoms with Crippen LogP contribution in [0.3, 0.4) is 0 Å². The van der Waals surface area contributed by atoms with E-state index in [1.165, 1.54) is 0 Å². The van der Waals surface area contributed by atoms with Gasteiger partial charge in [0.15, 0.2) is 0 Å². The summed E-state index contributed by atoms with van der Waals surface area (Å²) in [6, 6.07) is 10.7. The van der Waals surface area contributed by atoms with Crippen LogP contribution in [0.25, 0.3) is 0 Å². The standard InChI is InChI=1S/C7H6Cl.3CH4O.Ti/c8-6-7-4-2-1-3-5-7;3*1-2;/h1-4H,6H2;3*2H,1H3;/q-1;;;;. The summed E-state index contributed by atoms with van der Waals surface area (Å²) in [7, 11) is 3.00. The first kappa shape index (κ1) is 24.4. The number of halogens is 1. The topological polar surface area (TPSA) is 60.7 Å². The minimum absolute atomic E-state index is 0. The Bertz CT molecular complexity index is 162. The fraction of sp³-hybridized carbons (Fsp3) is 0.400. The van der Waals surface area contributed by atoms with Gasteiger partial charge in [-0.1, -0.05) is 0 Å². The van der Waals surface area contributed by atoms with Crippen LogP contribution in [0.15, 0.2) is 24.3 Å². The van der Waals surface area contributed by atoms with Crippen molar-refractivity contribution in [2.75, 3.05) is 21.3 Å². The summed E-state index contributed by atoms with van der Waals surface area (Å²) in [6.45, 7) is 0. The van der Waals surface area contributed by atoms with Gasteiger partial charge in [-0.15, -0.1) is 17.2 Å². The Morgan fingerprint density at radius 1 is 1.07 bits per heavy atom. The molecule has 1 rings (SSSR count). The zero-order valence-corrected chi connectivity index (χ0v) is 11.6. The van der Waals surface area contributed by atoms with Gasteiger partial charge >= 0.3 is 0 Å². The van der Waals surface area contributed by atoms with Gasteiger partial charge < -0.3 is 15.3 Å². The summed E-state index contributed by atoms with van der Waals surface area (Å²) in [6.07, 6.45) is 0. The molecule has 0 fully saturated rings. The van der Waals surface area contributed by atoms with Crippen molar-refractivity contribution in [1.29, 1.82) is 0 Å². The maximum atomic E-state index is 7.00. The van der Waals surface area contributed by atoms with E-state index in [0.29, 0.717) is 5.88 Å². The molecule has 3 N–H and O–H groups in total. The van der Waals surface area contributed by atoms with Crippen LogP contribution < -0.4 is 0 Å². The van der Waals surface area contributed by atoms with Crippen molar-refractivity contribution < 1.29 is 37.0 Å². The average molecular weight is 270 g/mol. The third kappa shape index (κ3) is 20.2. The predicted molar refractivity (Wildman–Crippen MR) is 59.3 cm³/mol. The normalized spacial score (nSPS) is 6.07. The second-order valence-electron chi connectivity index (χ2n) is 1.52. The van der Waals surface area contributed by atoms with Crippen molar-refractivity contribution in [2.24, 2.45) is 0 Å². The molecule has 0 unspecified atom stereocenters. The number of aliphatic hydroxyl groups is 3. The number of hydrogen-bond acceptors (Lipinski definition) is 3. The van der Waals surface area contributed by atoms with E-state index >= 15 is 0 Å². The molecule has 0 aliphatic heterocycles. The Morgan fingerprint density at radius 2 is 1.53 bits per heavy atom. The molecule has 0 aromatic heterocycles. The molecule has 0 bridgehead atoms. The van der Waals surface area contributed by atoms with Gasteiger partial charge in [-0.25, -0.2) is 0 Å². The second-order valence-corrected chi connectivity index (χ2v) is 1.79. The summed E-state index contributed by atoms with van der Waals surface area (Å²) in [5, 5.41) is 21.0. The largest absolute Gasteiger partial charge is 0.400 e. The molecule has 1 aromatic carbocycles. The van der Waals surface area contributed by atoms with Crippen molar-refractivity contribution in [1.82, 2.24) is 0 Å². The van der Waals surface area contributed by atoms with Crippen LogP contribution in [-0.2, 0) is 27.6 Å². The number of rotatable bonds is 1. The van der Waals surface area contributed by atoms with Gasteiger partial charge in [0.2, 0.25) is 0 Å². The molecule has 0 radical (unpaired) electrons. The first-order valence-corrected chi connectivity index (χ1v) is 4.32. The van der Waals surface area contributed by atoms with E-state index in [2.05, 4.69) is 6.07 Å². The Kier molecular flexibility index (Phi) is 47.5. The Balaban J connectivity index is -0.0000000755. The molecule has 0 spiro atoms. The van der Waals surface area contributed by atoms with Crippen molar-refractivity contribution in [3.8, 4) is 0 Å². The SMILES string of the molecule is CO.CO.CO.ClCc1[c-]cccc1.[Ti]. The number of benzene rings is 1. The monoisotopic (exact) mass is 269 g/mol. The number of aliphatic hydroxyl groups excluding tert-OH is 3. The minimum Gasteiger partial charge on any atom is -0.400 e. The van der Waals surface area contributed by atoms with Crippen molar-refractivity contribution in [3.63, 3.8) is 0 Å². The zero-order chi connectivity index (χ0) is 11.8. The van der Waals surface area contributed by atoms with Crippen LogP contribution >= 0.6 is 11.6 Å². The van der Waals surface area contributed by atoms with Gasteiger partial charge in [-0.3, -0.25) is 0 Å². The third-order valence-corrected chi connectivity index (χ3v) is 1.21. The van der Waals surface area contributed by atoms with E-state index in [-0.39, 0.29) is 21.7 Å². The van der Waals surface area contributed by atoms with Gasteiger partial charge in [0.1, 0.15) is 0 Å². The first-order valence-electron chi connectivity index (χ1n) is 3.79. The summed E-state index contributed by atoms with van der Waals surface area (Å²) < 4.78 is 0. The molecular weight excluding hydrogens is 251 g/mol. The van der Waals surface area contributed by atoms with E-state index in [0.717, 1.165) is 26.9 Å². The predicted octanol–water partition coefficient (Wildman–Crippen LogP) is 1.05. The van der Waals surface area contributed by atoms with E-state index < -0.39 is 0 Å². The fourth-order valence-corrected chi connectivity index (χ4v) is 0.680. The molecule has 0 saturated heterocycles. The molecule has 15 heavy (non-hydrogen) atoms. The van der Waals surface area contributed by atoms with E-state index in [1.54, 1.807) is 0 Å². The minimum atomic E-state index is 0. The molecule has 3 nitrogen and oxygen atoms in total. The average Bonchev–Trinajstić information content (AvgIpc) is 2.37. The van der Waals surface area contributed by atoms with Crippen LogP contribution in [0.4, 0.5) is 0 Å². The van der Waals surface area contributed by atoms with E-state index in [1.807, 2.05) is 24.3 Å². The molecule has 88 valence electrons. The maximum Gasteiger partial charge on any atom is 0.0319 e. The summed E-state index contributed by atoms with van der Waals surface area (Å²) >= 11 is 5.50. The summed E-state index contributed by atoms with van der Waals surface area (Å²) in [5.41, 5.74) is 1.05. The third-order valence-electron chi connectivity index (χ3n) is 0.917. The van der Waals surface area contributed by atoms with Crippen LogP contribution in [0.1, 0.15) is 5.56 Å². The first-order chi connectivity index (χ1) is 6.93. The van der Waals surface area contributed by atoms with E-state index in [9.17, 15) is 0 Å². The van der Waals surface area contributed by atoms with Crippen LogP contribution in [0, 0.1) is 6.07 Å². The molecule has 1 aromatic rings. The van der Waals surface area contributed by atoms with Gasteiger partial charge in [-0.2, -0.15) is 30.3 Å². The van der Waals surface area contributed by atoms with Crippen LogP contribution in [-0.4, -0.2) is 36.6 Å². The molecule has 0 saturated carbocycles. The van der Waals surface area contributed by atoms with Gasteiger partial charge in [0.25, 0.3) is 0 Å². The molecule has 0 atom stereocenters. The quantitative estimate of drug-likeness (QED) is 0.406. The molecular formula is C10H18ClO3Ti-. The summed E-state index contributed by atoms with van der Waals surface area (Å²) in [4.78, 5) is 0. The van der Waals surface area contributed by atoms with Gasteiger partial charge in [0.05, 0.1) is 0 Å². The molecule has 0 aliphatic rings. The maximum absolute atomic E-state index is 7.00. The van der Waals surface area contributed by atoms with Gasteiger partial charge in [-0.05, 0) is 0 Å². The zero-order valence-electron chi connectivity index (χ0n) is 9.24. The number of alkyl halides is 1. The van der Waals surface area contributed by atoms with Crippen molar-refractivity contribution in [3.05, 3.63) is 35.9 Å². The van der Waals surface area contributed by atoms with Crippen molar-refractivity contribution in [2.45, 2.75) is 5.88 Å². The molecule has 0 aliphatic carbocycles. The summed E-state index contributed by atoms with van der Waals surface area (Å²) in [5.74, 6) is 0.556. The van der Waals surface area contributed by atoms with Crippen LogP contribution in [0.5, 0.6) is 0 Å². The smallest absolute Gasteiger partial charge is 0.0319 e. The molecule has 0 amide bonds. The second kappa shape index (κ2) is 29.2. The van der Waals surface area contributed by atoms with E-state index in [4.69, 9.17) is 26.9 Å². The Hall–Kier alpha value is 0.104. The molecule has 0 heterocycles. The Morgan fingerprint density at radius 3 is 1.73 bits per heavy atom. The number of hydrogen-bond donors (Lipinski definition) is 3. The van der Waals surface area contributed by atoms with Crippen molar-refractivity contribution >= 4 is 11.6 Å². The van der Waals surface area contributed by atoms with Gasteiger partial charge in [0, 0.05) is 48.9 Å². The Labute approximate surface area is 112 Å². The molecule has 5 heteroatoms.